The van der Waals surface area contributed by atoms with Gasteiger partial charge in [0.15, 0.2) is 0 Å². The molecule has 0 amide bonds. The second kappa shape index (κ2) is 9.31. The smallest absolute Gasteiger partial charge is 0.276 e. The Bertz CT molecular complexity index is 30.5. The van der Waals surface area contributed by atoms with Crippen LogP contribution < -0.4 is 9.79 Å². The number of hydrogen-bond acceptors (Lipinski definition) is 3. The molecule has 0 saturated carbocycles. The zero-order valence-electron chi connectivity index (χ0n) is 2.58. The summed E-state index contributed by atoms with van der Waals surface area (Å²) >= 11 is 0. The van der Waals surface area contributed by atoms with Gasteiger partial charge in [0.05, 0.1) is 0 Å². The predicted molar refractivity (Wildman–Crippen MR) is 14.0 cm³/mol. The number of hydrogen-bond donors (Lipinski definition) is 0. The van der Waals surface area contributed by atoms with Crippen LogP contribution in [-0.2, 0) is 10.0 Å². The Morgan fingerprint density at radius 3 is 1.33 bits per heavy atom. The summed E-state index contributed by atoms with van der Waals surface area (Å²) in [5.74, 6) is 0. The van der Waals surface area contributed by atoms with Gasteiger partial charge in [-0.2, -0.15) is 0 Å². The molecule has 6 radical (unpaired) electrons. The molecular weight excluding hydrogens is 302 g/mol. The molecule has 4 nitrogen and oxygen atoms in total. The van der Waals surface area contributed by atoms with E-state index < -0.39 is 8.25 Å². The third-order valence-electron chi connectivity index (χ3n) is 0. The van der Waals surface area contributed by atoms with E-state index in [0.717, 1.165) is 0 Å². The number of rotatable bonds is 0. The van der Waals surface area contributed by atoms with E-state index in [1.165, 1.54) is 0 Å². The standard InChI is InChI=1S/HO3P.O.Pb/c1-4(2)3;;/h(H,1,2,3);;/p-1. The Morgan fingerprint density at radius 1 is 1.33 bits per heavy atom. The van der Waals surface area contributed by atoms with Crippen LogP contribution in [0.15, 0.2) is 0 Å². The Balaban J connectivity index is -0.0000000450. The van der Waals surface area contributed by atoms with E-state index in [2.05, 4.69) is 0 Å². The van der Waals surface area contributed by atoms with Gasteiger partial charge >= 0.3 is 0 Å². The van der Waals surface area contributed by atoms with Crippen LogP contribution in [0.4, 0.5) is 0 Å². The topological polar surface area (TPSA) is 91.7 Å². The minimum Gasteiger partial charge on any atom is -0.598 e. The van der Waals surface area contributed by atoms with Crippen LogP contribution >= 0.6 is 8.25 Å². The van der Waals surface area contributed by atoms with Crippen LogP contribution in [-0.4, -0.2) is 27.3 Å². The maximum Gasteiger partial charge on any atom is 0.276 e. The minimum absolute atomic E-state index is 0. The summed E-state index contributed by atoms with van der Waals surface area (Å²) < 4.78 is 8.48. The fourth-order valence-corrected chi connectivity index (χ4v) is 0. The van der Waals surface area contributed by atoms with Crippen molar-refractivity contribution in [3.8, 4) is 0 Å². The third kappa shape index (κ3) is 91.7. The molecule has 6 heavy (non-hydrogen) atoms. The first kappa shape index (κ1) is 15.8. The van der Waals surface area contributed by atoms with Crippen molar-refractivity contribution in [2.45, 2.75) is 0 Å². The van der Waals surface area contributed by atoms with Gasteiger partial charge < -0.3 is 9.79 Å². The Labute approximate surface area is 55.6 Å². The van der Waals surface area contributed by atoms with Gasteiger partial charge in [0, 0.05) is 32.8 Å². The van der Waals surface area contributed by atoms with Crippen molar-refractivity contribution in [2.75, 3.05) is 0 Å². The van der Waals surface area contributed by atoms with Gasteiger partial charge in [-0.25, -0.2) is 0 Å². The van der Waals surface area contributed by atoms with Crippen molar-refractivity contribution >= 4 is 35.6 Å². The van der Waals surface area contributed by atoms with Gasteiger partial charge in [0.25, 0.3) is 8.25 Å². The van der Waals surface area contributed by atoms with Gasteiger partial charge in [-0.15, -0.1) is 0 Å². The molecule has 0 unspecified atom stereocenters. The van der Waals surface area contributed by atoms with Crippen molar-refractivity contribution < 1.29 is 19.8 Å². The first-order valence-electron chi connectivity index (χ1n) is 0.548. The van der Waals surface area contributed by atoms with Crippen LogP contribution in [0.25, 0.3) is 0 Å². The predicted octanol–water partition coefficient (Wildman–Crippen LogP) is -2.14. The average molecular weight is 302 g/mol. The molecule has 0 aliphatic rings. The van der Waals surface area contributed by atoms with E-state index in [-0.39, 0.29) is 32.8 Å². The van der Waals surface area contributed by atoms with Crippen LogP contribution in [0.2, 0.25) is 0 Å². The van der Waals surface area contributed by atoms with Crippen LogP contribution in [0.5, 0.6) is 0 Å². The van der Waals surface area contributed by atoms with Crippen molar-refractivity contribution in [3.05, 3.63) is 0 Å². The molecule has 0 spiro atoms. The van der Waals surface area contributed by atoms with Crippen LogP contribution in [0.3, 0.4) is 0 Å². The van der Waals surface area contributed by atoms with E-state index in [9.17, 15) is 0 Å². The molecule has 6 heteroatoms. The summed E-state index contributed by atoms with van der Waals surface area (Å²) in [6.45, 7) is 0. The molecule has 0 aromatic carbocycles. The molecule has 0 aliphatic heterocycles. The zero-order valence-corrected chi connectivity index (χ0v) is 7.36. The van der Waals surface area contributed by atoms with Crippen molar-refractivity contribution in [3.63, 3.8) is 0 Å². The maximum absolute atomic E-state index is 8.48. The summed E-state index contributed by atoms with van der Waals surface area (Å²) in [7, 11) is -3.37. The molecule has 0 N–H and O–H groups in total. The van der Waals surface area contributed by atoms with Gasteiger partial charge in [-0.3, -0.25) is 0 Å². The summed E-state index contributed by atoms with van der Waals surface area (Å²) in [6, 6.07) is 0. The Kier molecular flexibility index (Phi) is 24.5. The first-order valence-corrected chi connectivity index (χ1v) is 1.64. The second-order valence-electron chi connectivity index (χ2n) is 0.224. The SMILES string of the molecule is O=[P+]([O-])[O-].[O].[Pb]. The van der Waals surface area contributed by atoms with Gasteiger partial charge in [-0.05, 0) is 0 Å². The molecule has 0 saturated heterocycles. The fourth-order valence-electron chi connectivity index (χ4n) is 0. The molecule has 0 bridgehead atoms. The van der Waals surface area contributed by atoms with Crippen molar-refractivity contribution in [2.24, 2.45) is 0 Å². The molecule has 0 aromatic rings. The molecule has 34 valence electrons. The monoisotopic (exact) mass is 303 g/mol. The molecule has 0 heterocycles. The first-order chi connectivity index (χ1) is 1.73. The summed E-state index contributed by atoms with van der Waals surface area (Å²) in [6.07, 6.45) is 0. The summed E-state index contributed by atoms with van der Waals surface area (Å²) in [4.78, 5) is 17.0. The summed E-state index contributed by atoms with van der Waals surface area (Å²) in [5.41, 5.74) is 0. The fraction of sp³-hybridized carbons (Fsp3) is 0. The van der Waals surface area contributed by atoms with Crippen LogP contribution in [0, 0.1) is 0 Å². The van der Waals surface area contributed by atoms with Gasteiger partial charge in [0.2, 0.25) is 0 Å². The average Bonchev–Trinajstić information content (AvgIpc) is 0.811. The van der Waals surface area contributed by atoms with E-state index in [1.54, 1.807) is 0 Å². The quantitative estimate of drug-likeness (QED) is 0.378. The molecule has 0 aromatic heterocycles. The second-order valence-corrected chi connectivity index (χ2v) is 0.671. The molecule has 0 aliphatic carbocycles. The molecule has 0 atom stereocenters. The van der Waals surface area contributed by atoms with Crippen molar-refractivity contribution in [1.29, 1.82) is 0 Å². The normalized spacial score (nSPS) is 4.33. The third-order valence-corrected chi connectivity index (χ3v) is 0. The molecular formula is O4PPb-. The minimum atomic E-state index is -3.37. The molecule has 0 fully saturated rings. The maximum atomic E-state index is 8.48. The van der Waals surface area contributed by atoms with Crippen LogP contribution in [0.1, 0.15) is 0 Å². The Morgan fingerprint density at radius 2 is 1.33 bits per heavy atom. The molecule has 0 rings (SSSR count). The van der Waals surface area contributed by atoms with Gasteiger partial charge in [0.1, 0.15) is 0 Å². The van der Waals surface area contributed by atoms with E-state index >= 15 is 0 Å². The van der Waals surface area contributed by atoms with E-state index in [4.69, 9.17) is 14.4 Å². The van der Waals surface area contributed by atoms with E-state index in [0.29, 0.717) is 0 Å². The van der Waals surface area contributed by atoms with E-state index in [1.807, 2.05) is 0 Å². The van der Waals surface area contributed by atoms with Crippen molar-refractivity contribution in [1.82, 2.24) is 0 Å². The zero-order chi connectivity index (χ0) is 3.58. The largest absolute Gasteiger partial charge is 0.598 e. The summed E-state index contributed by atoms with van der Waals surface area (Å²) in [5, 5.41) is 0. The Hall–Kier alpha value is 0.902. The van der Waals surface area contributed by atoms with Gasteiger partial charge in [-0.1, -0.05) is 4.57 Å².